The van der Waals surface area contributed by atoms with Crippen molar-refractivity contribution in [3.63, 3.8) is 0 Å². The molecule has 0 aliphatic carbocycles. The molecule has 3 N–H and O–H groups in total. The molecule has 13 heavy (non-hydrogen) atoms. The van der Waals surface area contributed by atoms with Gasteiger partial charge in [0.1, 0.15) is 5.60 Å². The highest BCUT2D eigenvalue weighted by Gasteiger charge is 2.46. The summed E-state index contributed by atoms with van der Waals surface area (Å²) in [6.07, 6.45) is 0. The molecule has 1 rings (SSSR count). The van der Waals surface area contributed by atoms with Crippen LogP contribution in [0.5, 0.6) is 0 Å². The van der Waals surface area contributed by atoms with Gasteiger partial charge in [0.15, 0.2) is 0 Å². The first kappa shape index (κ1) is 10.5. The van der Waals surface area contributed by atoms with Crippen LogP contribution in [-0.4, -0.2) is 40.6 Å². The fourth-order valence-corrected chi connectivity index (χ4v) is 1.42. The largest absolute Gasteiger partial charge is 0.386 e. The van der Waals surface area contributed by atoms with E-state index in [4.69, 9.17) is 5.73 Å². The maximum atomic E-state index is 11.3. The number of aliphatic hydroxyl groups is 1. The van der Waals surface area contributed by atoms with Crippen LogP contribution in [0, 0.1) is 5.92 Å². The number of likely N-dealkylation sites (tertiary alicyclic amines) is 1. The fraction of sp³-hybridized carbons (Fsp3) is 0.889. The van der Waals surface area contributed by atoms with Gasteiger partial charge in [-0.15, -0.1) is 0 Å². The molecule has 4 heteroatoms. The number of nitrogens with two attached hydrogens (primary N) is 1. The molecule has 0 bridgehead atoms. The fourth-order valence-electron chi connectivity index (χ4n) is 1.42. The van der Waals surface area contributed by atoms with Crippen LogP contribution in [-0.2, 0) is 4.79 Å². The van der Waals surface area contributed by atoms with Crippen molar-refractivity contribution < 1.29 is 9.90 Å². The van der Waals surface area contributed by atoms with Gasteiger partial charge < -0.3 is 15.7 Å². The minimum atomic E-state index is -0.690. The average molecular weight is 186 g/mol. The van der Waals surface area contributed by atoms with Crippen molar-refractivity contribution >= 4 is 5.91 Å². The van der Waals surface area contributed by atoms with Gasteiger partial charge in [0.05, 0.1) is 19.1 Å². The Labute approximate surface area is 78.7 Å². The van der Waals surface area contributed by atoms with Gasteiger partial charge in [-0.3, -0.25) is 4.79 Å². The van der Waals surface area contributed by atoms with Crippen molar-refractivity contribution in [2.75, 3.05) is 13.1 Å². The summed E-state index contributed by atoms with van der Waals surface area (Å²) in [5.41, 5.74) is 4.75. The second kappa shape index (κ2) is 3.27. The quantitative estimate of drug-likeness (QED) is 0.614. The van der Waals surface area contributed by atoms with Gasteiger partial charge >= 0.3 is 0 Å². The average Bonchev–Trinajstić information content (AvgIpc) is 1.96. The van der Waals surface area contributed by atoms with E-state index in [1.54, 1.807) is 11.8 Å². The number of hydrogen-bond acceptors (Lipinski definition) is 3. The zero-order valence-electron chi connectivity index (χ0n) is 8.45. The van der Waals surface area contributed by atoms with E-state index in [-0.39, 0.29) is 11.8 Å². The van der Waals surface area contributed by atoms with E-state index < -0.39 is 11.6 Å². The number of nitrogens with zero attached hydrogens (tertiary/aromatic N) is 1. The van der Waals surface area contributed by atoms with Crippen LogP contribution < -0.4 is 5.73 Å². The summed E-state index contributed by atoms with van der Waals surface area (Å²) < 4.78 is 0. The molecule has 0 spiro atoms. The van der Waals surface area contributed by atoms with Gasteiger partial charge in [-0.1, -0.05) is 13.8 Å². The van der Waals surface area contributed by atoms with Crippen LogP contribution in [0.2, 0.25) is 0 Å². The topological polar surface area (TPSA) is 66.6 Å². The first-order valence-corrected chi connectivity index (χ1v) is 4.63. The zero-order valence-corrected chi connectivity index (χ0v) is 8.45. The minimum absolute atomic E-state index is 0.0784. The molecule has 76 valence electrons. The third kappa shape index (κ3) is 1.84. The molecular weight excluding hydrogens is 168 g/mol. The Morgan fingerprint density at radius 3 is 2.23 bits per heavy atom. The SMILES string of the molecule is CC(C)C1(O)CN(C(=O)[C@H](C)N)C1. The molecule has 1 heterocycles. The third-order valence-electron chi connectivity index (χ3n) is 2.71. The lowest BCUT2D eigenvalue weighted by atomic mass is 9.83. The predicted molar refractivity (Wildman–Crippen MR) is 50.0 cm³/mol. The molecule has 0 saturated carbocycles. The minimum Gasteiger partial charge on any atom is -0.386 e. The number of carbonyl (C=O) groups is 1. The lowest BCUT2D eigenvalue weighted by Crippen LogP contribution is -2.67. The van der Waals surface area contributed by atoms with Crippen LogP contribution in [0.15, 0.2) is 0 Å². The van der Waals surface area contributed by atoms with Gasteiger partial charge in [-0.05, 0) is 12.8 Å². The Morgan fingerprint density at radius 2 is 1.92 bits per heavy atom. The highest BCUT2D eigenvalue weighted by Crippen LogP contribution is 2.28. The van der Waals surface area contributed by atoms with E-state index in [1.165, 1.54) is 0 Å². The Morgan fingerprint density at radius 1 is 1.46 bits per heavy atom. The van der Waals surface area contributed by atoms with Crippen molar-refractivity contribution in [3.05, 3.63) is 0 Å². The first-order chi connectivity index (χ1) is 5.87. The van der Waals surface area contributed by atoms with Gasteiger partial charge in [0, 0.05) is 0 Å². The summed E-state index contributed by atoms with van der Waals surface area (Å²) in [6.45, 7) is 6.41. The van der Waals surface area contributed by atoms with Gasteiger partial charge in [0.25, 0.3) is 0 Å². The normalized spacial score (nSPS) is 22.8. The lowest BCUT2D eigenvalue weighted by Gasteiger charge is -2.49. The first-order valence-electron chi connectivity index (χ1n) is 4.63. The molecule has 1 aliphatic heterocycles. The van der Waals surface area contributed by atoms with Crippen molar-refractivity contribution in [2.24, 2.45) is 11.7 Å². The second-order valence-electron chi connectivity index (χ2n) is 4.24. The van der Waals surface area contributed by atoms with Crippen molar-refractivity contribution in [1.82, 2.24) is 4.90 Å². The molecule has 1 amide bonds. The standard InChI is InChI=1S/C9H18N2O2/c1-6(2)9(13)4-11(5-9)8(12)7(3)10/h6-7,13H,4-5,10H2,1-3H3/t7-/m0/s1. The molecule has 4 nitrogen and oxygen atoms in total. The Hall–Kier alpha value is -0.610. The van der Waals surface area contributed by atoms with Crippen molar-refractivity contribution in [2.45, 2.75) is 32.4 Å². The van der Waals surface area contributed by atoms with Gasteiger partial charge in [0.2, 0.25) is 5.91 Å². The zero-order chi connectivity index (χ0) is 10.2. The van der Waals surface area contributed by atoms with Crippen LogP contribution >= 0.6 is 0 Å². The molecule has 0 aromatic carbocycles. The number of hydrogen-bond donors (Lipinski definition) is 2. The summed E-state index contributed by atoms with van der Waals surface area (Å²) in [7, 11) is 0. The van der Waals surface area contributed by atoms with Gasteiger partial charge in [-0.2, -0.15) is 0 Å². The van der Waals surface area contributed by atoms with Crippen molar-refractivity contribution in [1.29, 1.82) is 0 Å². The van der Waals surface area contributed by atoms with Crippen LogP contribution in [0.3, 0.4) is 0 Å². The second-order valence-corrected chi connectivity index (χ2v) is 4.24. The van der Waals surface area contributed by atoms with E-state index in [1.807, 2.05) is 13.8 Å². The maximum Gasteiger partial charge on any atom is 0.239 e. The number of β-amino-alcohol motifs (C(OH)–C–C–N with tert-alkyl or cyclic N) is 1. The van der Waals surface area contributed by atoms with Crippen LogP contribution in [0.1, 0.15) is 20.8 Å². The Bertz CT molecular complexity index is 208. The third-order valence-corrected chi connectivity index (χ3v) is 2.71. The Kier molecular flexibility index (Phi) is 2.63. The molecule has 0 aromatic rings. The van der Waals surface area contributed by atoms with E-state index >= 15 is 0 Å². The highest BCUT2D eigenvalue weighted by molar-refractivity contribution is 5.82. The molecule has 0 unspecified atom stereocenters. The lowest BCUT2D eigenvalue weighted by molar-refractivity contribution is -0.164. The monoisotopic (exact) mass is 186 g/mol. The van der Waals surface area contributed by atoms with Gasteiger partial charge in [-0.25, -0.2) is 0 Å². The molecule has 1 saturated heterocycles. The van der Waals surface area contributed by atoms with Crippen LogP contribution in [0.4, 0.5) is 0 Å². The smallest absolute Gasteiger partial charge is 0.239 e. The summed E-state index contributed by atoms with van der Waals surface area (Å²) in [5.74, 6) is 0.106. The molecule has 0 aromatic heterocycles. The van der Waals surface area contributed by atoms with E-state index in [2.05, 4.69) is 0 Å². The summed E-state index contributed by atoms with van der Waals surface area (Å²) in [4.78, 5) is 12.9. The Balaban J connectivity index is 2.45. The molecule has 1 fully saturated rings. The van der Waals surface area contributed by atoms with Crippen molar-refractivity contribution in [3.8, 4) is 0 Å². The summed E-state index contributed by atoms with van der Waals surface area (Å²) in [5, 5.41) is 9.85. The summed E-state index contributed by atoms with van der Waals surface area (Å²) >= 11 is 0. The van der Waals surface area contributed by atoms with Crippen LogP contribution in [0.25, 0.3) is 0 Å². The highest BCUT2D eigenvalue weighted by atomic mass is 16.3. The number of rotatable bonds is 2. The molecule has 1 aliphatic rings. The molecule has 1 atom stereocenters. The van der Waals surface area contributed by atoms with E-state index in [0.717, 1.165) is 0 Å². The molecular formula is C9H18N2O2. The number of amides is 1. The summed E-state index contributed by atoms with van der Waals surface area (Å²) in [6, 6.07) is -0.461. The van der Waals surface area contributed by atoms with E-state index in [9.17, 15) is 9.90 Å². The maximum absolute atomic E-state index is 11.3. The molecule has 0 radical (unpaired) electrons. The predicted octanol–water partition coefficient (Wildman–Crippen LogP) is -0.437. The number of carbonyl (C=O) groups excluding carboxylic acids is 1. The van der Waals surface area contributed by atoms with E-state index in [0.29, 0.717) is 13.1 Å².